The summed E-state index contributed by atoms with van der Waals surface area (Å²) in [5.41, 5.74) is 2.10. The molecule has 0 bridgehead atoms. The average molecular weight is 322 g/mol. The predicted octanol–water partition coefficient (Wildman–Crippen LogP) is 3.49. The average Bonchev–Trinajstić information content (AvgIpc) is 2.94. The van der Waals surface area contributed by atoms with Gasteiger partial charge in [0.15, 0.2) is 5.78 Å². The molecular weight excluding hydrogens is 304 g/mol. The lowest BCUT2D eigenvalue weighted by atomic mass is 10.1. The van der Waals surface area contributed by atoms with Crippen LogP contribution in [-0.4, -0.2) is 23.4 Å². The molecule has 0 radical (unpaired) electrons. The van der Waals surface area contributed by atoms with Crippen molar-refractivity contribution in [2.45, 2.75) is 13.5 Å². The Hall–Kier alpha value is -3.08. The molecule has 5 nitrogen and oxygen atoms in total. The van der Waals surface area contributed by atoms with Crippen molar-refractivity contribution in [1.82, 2.24) is 4.57 Å². The third-order valence-corrected chi connectivity index (χ3v) is 3.86. The van der Waals surface area contributed by atoms with Gasteiger partial charge in [-0.1, -0.05) is 30.3 Å². The molecule has 0 aliphatic carbocycles. The molecule has 24 heavy (non-hydrogen) atoms. The Kier molecular flexibility index (Phi) is 4.33. The molecule has 0 spiro atoms. The van der Waals surface area contributed by atoms with E-state index in [0.29, 0.717) is 17.0 Å². The van der Waals surface area contributed by atoms with E-state index >= 15 is 0 Å². The Morgan fingerprint density at radius 3 is 2.54 bits per heavy atom. The molecule has 1 N–H and O–H groups in total. The van der Waals surface area contributed by atoms with Crippen molar-refractivity contribution in [3.05, 3.63) is 60.3 Å². The van der Waals surface area contributed by atoms with Gasteiger partial charge < -0.3 is 14.6 Å². The van der Waals surface area contributed by atoms with Crippen molar-refractivity contribution in [2.75, 3.05) is 12.4 Å². The number of para-hydroxylation sites is 3. The quantitative estimate of drug-likeness (QED) is 0.732. The number of ketones is 1. The summed E-state index contributed by atoms with van der Waals surface area (Å²) in [6, 6.07) is 14.8. The number of methoxy groups -OCH3 is 1. The van der Waals surface area contributed by atoms with Gasteiger partial charge in [0.1, 0.15) is 12.3 Å². The fourth-order valence-electron chi connectivity index (χ4n) is 2.75. The summed E-state index contributed by atoms with van der Waals surface area (Å²) >= 11 is 0. The molecular formula is C19H18N2O3. The standard InChI is InChI=1S/C19H18N2O3/c1-13(22)15-11-21(17-9-5-3-7-14(15)17)12-19(23)20-16-8-4-6-10-18(16)24-2/h3-11H,12H2,1-2H3,(H,20,23). The predicted molar refractivity (Wildman–Crippen MR) is 93.6 cm³/mol. The van der Waals surface area contributed by atoms with Gasteiger partial charge in [-0.3, -0.25) is 9.59 Å². The van der Waals surface area contributed by atoms with E-state index in [4.69, 9.17) is 4.74 Å². The molecule has 0 fully saturated rings. The van der Waals surface area contributed by atoms with Crippen molar-refractivity contribution in [3.8, 4) is 5.75 Å². The van der Waals surface area contributed by atoms with E-state index in [2.05, 4.69) is 5.32 Å². The minimum Gasteiger partial charge on any atom is -0.495 e. The number of fused-ring (bicyclic) bond motifs is 1. The van der Waals surface area contributed by atoms with Gasteiger partial charge >= 0.3 is 0 Å². The van der Waals surface area contributed by atoms with Gasteiger partial charge in [-0.15, -0.1) is 0 Å². The Bertz CT molecular complexity index is 912. The van der Waals surface area contributed by atoms with E-state index in [-0.39, 0.29) is 18.2 Å². The molecule has 5 heteroatoms. The molecule has 0 aliphatic rings. The number of hydrogen-bond acceptors (Lipinski definition) is 3. The lowest BCUT2D eigenvalue weighted by Gasteiger charge is -2.10. The molecule has 1 heterocycles. The molecule has 0 aliphatic heterocycles. The van der Waals surface area contributed by atoms with Crippen LogP contribution in [0.15, 0.2) is 54.7 Å². The van der Waals surface area contributed by atoms with E-state index in [1.165, 1.54) is 6.92 Å². The van der Waals surface area contributed by atoms with Crippen LogP contribution in [0.1, 0.15) is 17.3 Å². The zero-order chi connectivity index (χ0) is 17.1. The van der Waals surface area contributed by atoms with E-state index in [1.54, 1.807) is 30.0 Å². The number of carbonyl (C=O) groups is 2. The Labute approximate surface area is 139 Å². The van der Waals surface area contributed by atoms with Gasteiger partial charge in [-0.25, -0.2) is 0 Å². The number of rotatable bonds is 5. The molecule has 3 rings (SSSR count). The Morgan fingerprint density at radius 2 is 1.79 bits per heavy atom. The van der Waals surface area contributed by atoms with E-state index in [9.17, 15) is 9.59 Å². The topological polar surface area (TPSA) is 60.3 Å². The molecule has 0 unspecified atom stereocenters. The number of carbonyl (C=O) groups excluding carboxylic acids is 2. The summed E-state index contributed by atoms with van der Waals surface area (Å²) in [5.74, 6) is 0.401. The van der Waals surface area contributed by atoms with Crippen LogP contribution >= 0.6 is 0 Å². The molecule has 122 valence electrons. The summed E-state index contributed by atoms with van der Waals surface area (Å²) in [4.78, 5) is 24.2. The highest BCUT2D eigenvalue weighted by molar-refractivity contribution is 6.07. The number of anilines is 1. The number of benzene rings is 2. The van der Waals surface area contributed by atoms with Gasteiger partial charge in [-0.05, 0) is 25.1 Å². The zero-order valence-electron chi connectivity index (χ0n) is 13.6. The smallest absolute Gasteiger partial charge is 0.244 e. The summed E-state index contributed by atoms with van der Waals surface area (Å²) in [6.07, 6.45) is 1.73. The van der Waals surface area contributed by atoms with Crippen molar-refractivity contribution in [1.29, 1.82) is 0 Å². The first-order valence-corrected chi connectivity index (χ1v) is 7.62. The maximum Gasteiger partial charge on any atom is 0.244 e. The molecule has 0 saturated carbocycles. The first-order chi connectivity index (χ1) is 11.6. The van der Waals surface area contributed by atoms with Crippen LogP contribution in [0, 0.1) is 0 Å². The molecule has 0 saturated heterocycles. The number of ether oxygens (including phenoxy) is 1. The van der Waals surface area contributed by atoms with Crippen LogP contribution in [0.3, 0.4) is 0 Å². The second-order valence-corrected chi connectivity index (χ2v) is 5.49. The first-order valence-electron chi connectivity index (χ1n) is 7.62. The van der Waals surface area contributed by atoms with Gasteiger partial charge in [0.25, 0.3) is 0 Å². The summed E-state index contributed by atoms with van der Waals surface area (Å²) in [5, 5.41) is 3.70. The van der Waals surface area contributed by atoms with E-state index < -0.39 is 0 Å². The lowest BCUT2D eigenvalue weighted by molar-refractivity contribution is -0.116. The molecule has 2 aromatic carbocycles. The van der Waals surface area contributed by atoms with Crippen LogP contribution in [0.4, 0.5) is 5.69 Å². The van der Waals surface area contributed by atoms with Gasteiger partial charge in [0.2, 0.25) is 5.91 Å². The number of Topliss-reactive ketones (excluding diaryl/α,β-unsaturated/α-hetero) is 1. The molecule has 0 atom stereocenters. The SMILES string of the molecule is COc1ccccc1NC(=O)Cn1cc(C(C)=O)c2ccccc21. The number of nitrogens with zero attached hydrogens (tertiary/aromatic N) is 1. The lowest BCUT2D eigenvalue weighted by Crippen LogP contribution is -2.18. The maximum atomic E-state index is 12.4. The van der Waals surface area contributed by atoms with Crippen molar-refractivity contribution in [2.24, 2.45) is 0 Å². The fraction of sp³-hybridized carbons (Fsp3) is 0.158. The summed E-state index contributed by atoms with van der Waals surface area (Å²) < 4.78 is 7.02. The van der Waals surface area contributed by atoms with Crippen molar-refractivity contribution < 1.29 is 14.3 Å². The highest BCUT2D eigenvalue weighted by Gasteiger charge is 2.14. The summed E-state index contributed by atoms with van der Waals surface area (Å²) in [7, 11) is 1.56. The van der Waals surface area contributed by atoms with Crippen LogP contribution in [0.25, 0.3) is 10.9 Å². The minimum atomic E-state index is -0.185. The van der Waals surface area contributed by atoms with Gasteiger partial charge in [0.05, 0.1) is 12.8 Å². The Balaban J connectivity index is 1.87. The second-order valence-electron chi connectivity index (χ2n) is 5.49. The maximum absolute atomic E-state index is 12.4. The van der Waals surface area contributed by atoms with Crippen LogP contribution in [-0.2, 0) is 11.3 Å². The highest BCUT2D eigenvalue weighted by atomic mass is 16.5. The number of nitrogens with one attached hydrogen (secondary N) is 1. The first kappa shape index (κ1) is 15.8. The van der Waals surface area contributed by atoms with Crippen LogP contribution in [0.2, 0.25) is 0 Å². The molecule has 1 aromatic heterocycles. The minimum absolute atomic E-state index is 0.0184. The van der Waals surface area contributed by atoms with E-state index in [0.717, 1.165) is 10.9 Å². The van der Waals surface area contributed by atoms with Crippen molar-refractivity contribution in [3.63, 3.8) is 0 Å². The normalized spacial score (nSPS) is 10.6. The molecule has 1 amide bonds. The molecule has 3 aromatic rings. The fourth-order valence-corrected chi connectivity index (χ4v) is 2.75. The largest absolute Gasteiger partial charge is 0.495 e. The third kappa shape index (κ3) is 3.01. The monoisotopic (exact) mass is 322 g/mol. The number of amides is 1. The highest BCUT2D eigenvalue weighted by Crippen LogP contribution is 2.24. The second kappa shape index (κ2) is 6.58. The summed E-state index contributed by atoms with van der Waals surface area (Å²) in [6.45, 7) is 1.65. The third-order valence-electron chi connectivity index (χ3n) is 3.86. The van der Waals surface area contributed by atoms with Gasteiger partial charge in [-0.2, -0.15) is 0 Å². The number of hydrogen-bond donors (Lipinski definition) is 1. The number of aromatic nitrogens is 1. The van der Waals surface area contributed by atoms with Crippen molar-refractivity contribution >= 4 is 28.3 Å². The van der Waals surface area contributed by atoms with Gasteiger partial charge in [0, 0.05) is 22.7 Å². The van der Waals surface area contributed by atoms with Crippen LogP contribution in [0.5, 0.6) is 5.75 Å². The van der Waals surface area contributed by atoms with Crippen LogP contribution < -0.4 is 10.1 Å². The zero-order valence-corrected chi connectivity index (χ0v) is 13.6. The Morgan fingerprint density at radius 1 is 1.08 bits per heavy atom. The van der Waals surface area contributed by atoms with E-state index in [1.807, 2.05) is 36.4 Å².